The third kappa shape index (κ3) is 3.31. The van der Waals surface area contributed by atoms with Crippen LogP contribution in [0.5, 0.6) is 0 Å². The highest BCUT2D eigenvalue weighted by Gasteiger charge is 2.22. The van der Waals surface area contributed by atoms with E-state index in [1.807, 2.05) is 36.9 Å². The monoisotopic (exact) mass is 222 g/mol. The number of aliphatic carboxylic acids is 1. The second kappa shape index (κ2) is 6.23. The number of pyridine rings is 1. The van der Waals surface area contributed by atoms with E-state index in [2.05, 4.69) is 4.98 Å². The van der Waals surface area contributed by atoms with Crippen LogP contribution < -0.4 is 0 Å². The standard InChI is InChI=1S/C12H18N2O2/c1-3-11(12(15)16)14(4-2)9-10-7-5-6-8-13-10/h5-8,11H,3-4,9H2,1-2H3,(H,15,16). The van der Waals surface area contributed by atoms with Crippen LogP contribution in [-0.2, 0) is 11.3 Å². The summed E-state index contributed by atoms with van der Waals surface area (Å²) in [5, 5.41) is 9.09. The van der Waals surface area contributed by atoms with E-state index in [0.29, 0.717) is 19.5 Å². The molecule has 0 spiro atoms. The van der Waals surface area contributed by atoms with Crippen molar-refractivity contribution >= 4 is 5.97 Å². The molecule has 1 atom stereocenters. The van der Waals surface area contributed by atoms with Gasteiger partial charge in [0.2, 0.25) is 0 Å². The van der Waals surface area contributed by atoms with Crippen LogP contribution in [0.15, 0.2) is 24.4 Å². The summed E-state index contributed by atoms with van der Waals surface area (Å²) in [6.45, 7) is 5.15. The second-order valence-corrected chi connectivity index (χ2v) is 3.65. The van der Waals surface area contributed by atoms with Crippen molar-refractivity contribution in [1.29, 1.82) is 0 Å². The van der Waals surface area contributed by atoms with E-state index < -0.39 is 12.0 Å². The van der Waals surface area contributed by atoms with Crippen molar-refractivity contribution < 1.29 is 9.90 Å². The van der Waals surface area contributed by atoms with Gasteiger partial charge in [0.25, 0.3) is 0 Å². The molecular formula is C12H18N2O2. The van der Waals surface area contributed by atoms with Crippen LogP contribution in [-0.4, -0.2) is 33.5 Å². The molecule has 4 nitrogen and oxygen atoms in total. The number of carboxylic acids is 1. The summed E-state index contributed by atoms with van der Waals surface area (Å²) in [5.41, 5.74) is 0.907. The van der Waals surface area contributed by atoms with E-state index in [1.165, 1.54) is 0 Å². The molecule has 0 amide bonds. The molecule has 1 unspecified atom stereocenters. The van der Waals surface area contributed by atoms with E-state index >= 15 is 0 Å². The number of nitrogens with zero attached hydrogens (tertiary/aromatic N) is 2. The first-order chi connectivity index (χ1) is 7.69. The van der Waals surface area contributed by atoms with E-state index in [1.54, 1.807) is 6.20 Å². The third-order valence-corrected chi connectivity index (χ3v) is 2.61. The molecule has 1 N–H and O–H groups in total. The molecule has 0 fully saturated rings. The van der Waals surface area contributed by atoms with Crippen molar-refractivity contribution in [3.05, 3.63) is 30.1 Å². The normalized spacial score (nSPS) is 12.7. The molecule has 0 radical (unpaired) electrons. The van der Waals surface area contributed by atoms with Crippen molar-refractivity contribution in [2.24, 2.45) is 0 Å². The Labute approximate surface area is 95.9 Å². The Morgan fingerprint density at radius 1 is 1.50 bits per heavy atom. The second-order valence-electron chi connectivity index (χ2n) is 3.65. The maximum Gasteiger partial charge on any atom is 0.320 e. The van der Waals surface area contributed by atoms with E-state index in [9.17, 15) is 4.79 Å². The largest absolute Gasteiger partial charge is 0.480 e. The molecule has 0 bridgehead atoms. The van der Waals surface area contributed by atoms with Gasteiger partial charge in [-0.15, -0.1) is 0 Å². The smallest absolute Gasteiger partial charge is 0.320 e. The molecule has 0 aliphatic rings. The van der Waals surface area contributed by atoms with E-state index in [4.69, 9.17) is 5.11 Å². The minimum atomic E-state index is -0.764. The van der Waals surface area contributed by atoms with Crippen LogP contribution in [0.25, 0.3) is 0 Å². The Balaban J connectivity index is 2.71. The number of carbonyl (C=O) groups is 1. The van der Waals surface area contributed by atoms with Gasteiger partial charge in [0.1, 0.15) is 6.04 Å². The van der Waals surface area contributed by atoms with Gasteiger partial charge in [-0.25, -0.2) is 0 Å². The molecule has 0 saturated carbocycles. The van der Waals surface area contributed by atoms with Gasteiger partial charge < -0.3 is 5.11 Å². The predicted octanol–water partition coefficient (Wildman–Crippen LogP) is 1.77. The lowest BCUT2D eigenvalue weighted by Gasteiger charge is -2.26. The van der Waals surface area contributed by atoms with Gasteiger partial charge in [0, 0.05) is 12.7 Å². The summed E-state index contributed by atoms with van der Waals surface area (Å²) in [6, 6.07) is 5.26. The van der Waals surface area contributed by atoms with Crippen LogP contribution >= 0.6 is 0 Å². The fourth-order valence-electron chi connectivity index (χ4n) is 1.73. The van der Waals surface area contributed by atoms with Crippen LogP contribution in [0.2, 0.25) is 0 Å². The lowest BCUT2D eigenvalue weighted by atomic mass is 10.2. The van der Waals surface area contributed by atoms with Crippen molar-refractivity contribution in [2.45, 2.75) is 32.9 Å². The lowest BCUT2D eigenvalue weighted by molar-refractivity contribution is -0.143. The van der Waals surface area contributed by atoms with Crippen LogP contribution in [0.1, 0.15) is 26.0 Å². The Hall–Kier alpha value is -1.42. The Morgan fingerprint density at radius 2 is 2.25 bits per heavy atom. The SMILES string of the molecule is CCC(C(=O)O)N(CC)Cc1ccccn1. The van der Waals surface area contributed by atoms with Gasteiger partial charge in [-0.2, -0.15) is 0 Å². The van der Waals surface area contributed by atoms with Crippen molar-refractivity contribution in [3.8, 4) is 0 Å². The Bertz CT molecular complexity index is 327. The van der Waals surface area contributed by atoms with Crippen molar-refractivity contribution in [3.63, 3.8) is 0 Å². The molecule has 1 rings (SSSR count). The zero-order valence-electron chi connectivity index (χ0n) is 9.76. The Kier molecular flexibility index (Phi) is 4.92. The average molecular weight is 222 g/mol. The molecule has 0 aliphatic carbocycles. The van der Waals surface area contributed by atoms with Gasteiger partial charge in [0.15, 0.2) is 0 Å². The minimum Gasteiger partial charge on any atom is -0.480 e. The molecule has 4 heteroatoms. The van der Waals surface area contributed by atoms with Crippen LogP contribution in [0.4, 0.5) is 0 Å². The van der Waals surface area contributed by atoms with E-state index in [0.717, 1.165) is 5.69 Å². The van der Waals surface area contributed by atoms with Gasteiger partial charge in [-0.3, -0.25) is 14.7 Å². The van der Waals surface area contributed by atoms with Gasteiger partial charge >= 0.3 is 5.97 Å². The molecule has 0 aliphatic heterocycles. The highest BCUT2D eigenvalue weighted by molar-refractivity contribution is 5.73. The molecule has 88 valence electrons. The van der Waals surface area contributed by atoms with Gasteiger partial charge in [-0.1, -0.05) is 19.9 Å². The fraction of sp³-hybridized carbons (Fsp3) is 0.500. The summed E-state index contributed by atoms with van der Waals surface area (Å²) < 4.78 is 0. The highest BCUT2D eigenvalue weighted by atomic mass is 16.4. The fourth-order valence-corrected chi connectivity index (χ4v) is 1.73. The number of hydrogen-bond donors (Lipinski definition) is 1. The maximum atomic E-state index is 11.1. The average Bonchev–Trinajstić information content (AvgIpc) is 2.29. The summed E-state index contributed by atoms with van der Waals surface area (Å²) in [4.78, 5) is 17.2. The number of likely N-dealkylation sites (N-methyl/N-ethyl adjacent to an activating group) is 1. The topological polar surface area (TPSA) is 53.4 Å². The number of rotatable bonds is 6. The molecular weight excluding hydrogens is 204 g/mol. The lowest BCUT2D eigenvalue weighted by Crippen LogP contribution is -2.40. The molecule has 0 aromatic carbocycles. The minimum absolute atomic E-state index is 0.424. The first-order valence-corrected chi connectivity index (χ1v) is 5.55. The first kappa shape index (κ1) is 12.6. The van der Waals surface area contributed by atoms with Crippen molar-refractivity contribution in [1.82, 2.24) is 9.88 Å². The number of hydrogen-bond acceptors (Lipinski definition) is 3. The summed E-state index contributed by atoms with van der Waals surface area (Å²) >= 11 is 0. The highest BCUT2D eigenvalue weighted by Crippen LogP contribution is 2.09. The molecule has 1 heterocycles. The molecule has 1 aromatic heterocycles. The predicted molar refractivity (Wildman–Crippen MR) is 62.0 cm³/mol. The van der Waals surface area contributed by atoms with Crippen LogP contribution in [0, 0.1) is 0 Å². The first-order valence-electron chi connectivity index (χ1n) is 5.55. The number of aromatic nitrogens is 1. The number of carboxylic acid groups (broad SMARTS) is 1. The Morgan fingerprint density at radius 3 is 2.69 bits per heavy atom. The quantitative estimate of drug-likeness (QED) is 0.797. The third-order valence-electron chi connectivity index (χ3n) is 2.61. The zero-order valence-corrected chi connectivity index (χ0v) is 9.76. The molecule has 1 aromatic rings. The summed E-state index contributed by atoms with van der Waals surface area (Å²) in [5.74, 6) is -0.764. The molecule has 0 saturated heterocycles. The maximum absolute atomic E-state index is 11.1. The van der Waals surface area contributed by atoms with Gasteiger partial charge in [-0.05, 0) is 25.1 Å². The van der Waals surface area contributed by atoms with E-state index in [-0.39, 0.29) is 0 Å². The zero-order chi connectivity index (χ0) is 12.0. The summed E-state index contributed by atoms with van der Waals surface area (Å²) in [6.07, 6.45) is 2.33. The van der Waals surface area contributed by atoms with Gasteiger partial charge in [0.05, 0.1) is 5.69 Å². The van der Waals surface area contributed by atoms with Crippen LogP contribution in [0.3, 0.4) is 0 Å². The molecule has 16 heavy (non-hydrogen) atoms. The van der Waals surface area contributed by atoms with Crippen molar-refractivity contribution in [2.75, 3.05) is 6.54 Å². The summed E-state index contributed by atoms with van der Waals surface area (Å²) in [7, 11) is 0.